The number of pyridine rings is 1. The van der Waals surface area contributed by atoms with Crippen molar-refractivity contribution >= 4 is 33.4 Å². The summed E-state index contributed by atoms with van der Waals surface area (Å²) < 4.78 is 27.3. The van der Waals surface area contributed by atoms with Crippen molar-refractivity contribution in [1.82, 2.24) is 9.38 Å². The highest BCUT2D eigenvalue weighted by Crippen LogP contribution is 2.38. The lowest BCUT2D eigenvalue weighted by molar-refractivity contribution is 0.0729. The van der Waals surface area contributed by atoms with E-state index in [-0.39, 0.29) is 22.3 Å². The van der Waals surface area contributed by atoms with E-state index in [9.17, 15) is 9.18 Å². The highest BCUT2D eigenvalue weighted by molar-refractivity contribution is 9.10. The molecule has 6 nitrogen and oxygen atoms in total. The van der Waals surface area contributed by atoms with Crippen LogP contribution in [0.1, 0.15) is 51.4 Å². The van der Waals surface area contributed by atoms with Crippen LogP contribution >= 0.6 is 15.9 Å². The van der Waals surface area contributed by atoms with Crippen LogP contribution in [0.4, 0.5) is 10.2 Å². The molecule has 8 heteroatoms. The van der Waals surface area contributed by atoms with E-state index in [0.29, 0.717) is 5.75 Å². The van der Waals surface area contributed by atoms with Gasteiger partial charge in [-0.3, -0.25) is 4.40 Å². The Morgan fingerprint density at radius 2 is 1.73 bits per heavy atom. The molecule has 2 aromatic heterocycles. The maximum atomic E-state index is 13.2. The Labute approximate surface area is 225 Å². The minimum atomic E-state index is -0.602. The minimum absolute atomic E-state index is 0.122. The molecule has 0 aliphatic heterocycles. The third-order valence-corrected chi connectivity index (χ3v) is 6.20. The van der Waals surface area contributed by atoms with Gasteiger partial charge in [0.15, 0.2) is 11.5 Å². The van der Waals surface area contributed by atoms with Crippen molar-refractivity contribution in [2.75, 3.05) is 12.4 Å². The van der Waals surface area contributed by atoms with Crippen molar-refractivity contribution in [3.05, 3.63) is 76.6 Å². The molecule has 0 atom stereocenters. The number of aromatic nitrogens is 2. The van der Waals surface area contributed by atoms with Gasteiger partial charge in [-0.25, -0.2) is 14.2 Å². The van der Waals surface area contributed by atoms with Crippen LogP contribution in [0.2, 0.25) is 0 Å². The van der Waals surface area contributed by atoms with Crippen molar-refractivity contribution in [3.8, 4) is 22.8 Å². The number of benzene rings is 2. The molecule has 4 rings (SSSR count). The van der Waals surface area contributed by atoms with E-state index in [1.807, 2.05) is 28.8 Å². The van der Waals surface area contributed by atoms with Gasteiger partial charge in [-0.05, 0) is 96.2 Å². The van der Waals surface area contributed by atoms with E-state index < -0.39 is 11.8 Å². The summed E-state index contributed by atoms with van der Waals surface area (Å²) in [6, 6.07) is 14.4. The van der Waals surface area contributed by atoms with Crippen molar-refractivity contribution in [2.24, 2.45) is 5.41 Å². The number of carbonyl (C=O) groups excluding carboxylic acids is 1. The molecule has 0 saturated heterocycles. The molecule has 0 unspecified atom stereocenters. The van der Waals surface area contributed by atoms with E-state index >= 15 is 0 Å². The molecule has 0 fully saturated rings. The van der Waals surface area contributed by atoms with Crippen LogP contribution in [0.25, 0.3) is 16.9 Å². The lowest BCUT2D eigenvalue weighted by Gasteiger charge is -2.34. The Morgan fingerprint density at radius 3 is 2.38 bits per heavy atom. The number of esters is 1. The van der Waals surface area contributed by atoms with E-state index in [1.165, 1.54) is 31.4 Å². The Hall–Kier alpha value is -3.39. The van der Waals surface area contributed by atoms with Crippen molar-refractivity contribution in [1.29, 1.82) is 0 Å². The molecule has 0 bridgehead atoms. The maximum Gasteiger partial charge on any atom is 0.343 e. The fourth-order valence-corrected chi connectivity index (χ4v) is 5.01. The zero-order valence-electron chi connectivity index (χ0n) is 21.9. The van der Waals surface area contributed by atoms with Crippen molar-refractivity contribution in [2.45, 2.75) is 46.6 Å². The largest absolute Gasteiger partial charge is 0.493 e. The maximum absolute atomic E-state index is 13.2. The topological polar surface area (TPSA) is 64.9 Å². The van der Waals surface area contributed by atoms with Crippen LogP contribution in [-0.2, 0) is 0 Å². The summed E-state index contributed by atoms with van der Waals surface area (Å²) in [5.74, 6) is 0.465. The van der Waals surface area contributed by atoms with Crippen molar-refractivity contribution < 1.29 is 18.7 Å². The second kappa shape index (κ2) is 10.2. The van der Waals surface area contributed by atoms with Crippen molar-refractivity contribution in [3.63, 3.8) is 0 Å². The normalized spacial score (nSPS) is 12.0. The first-order valence-electron chi connectivity index (χ1n) is 12.0. The second-order valence-electron chi connectivity index (χ2n) is 10.9. The zero-order chi connectivity index (χ0) is 27.0. The number of hydrogen-bond acceptors (Lipinski definition) is 5. The molecule has 1 N–H and O–H groups in total. The van der Waals surface area contributed by atoms with E-state index in [2.05, 4.69) is 55.9 Å². The van der Waals surface area contributed by atoms with Gasteiger partial charge in [-0.15, -0.1) is 0 Å². The summed E-state index contributed by atoms with van der Waals surface area (Å²) in [4.78, 5) is 17.5. The Balaban J connectivity index is 1.73. The smallest absolute Gasteiger partial charge is 0.343 e. The first-order valence-corrected chi connectivity index (χ1v) is 12.8. The molecule has 4 aromatic rings. The molecule has 0 amide bonds. The van der Waals surface area contributed by atoms with Gasteiger partial charge in [-0.2, -0.15) is 0 Å². The van der Waals surface area contributed by atoms with Crippen LogP contribution in [0.5, 0.6) is 11.5 Å². The molecule has 2 heterocycles. The molecule has 0 spiro atoms. The van der Waals surface area contributed by atoms with Gasteiger partial charge in [0.05, 0.1) is 12.7 Å². The highest BCUT2D eigenvalue weighted by atomic mass is 79.9. The summed E-state index contributed by atoms with van der Waals surface area (Å²) in [5.41, 5.74) is 2.47. The van der Waals surface area contributed by atoms with Gasteiger partial charge < -0.3 is 14.8 Å². The molecular formula is C29H31BrFN3O3. The number of hydrogen-bond donors (Lipinski definition) is 1. The number of ether oxygens (including phenoxy) is 2. The van der Waals surface area contributed by atoms with Crippen LogP contribution in [0, 0.1) is 11.2 Å². The number of nitrogens with one attached hydrogen (secondary N) is 1. The quantitative estimate of drug-likeness (QED) is 0.182. The SMILES string of the molecule is COc1cc(-c2nc3ccc(Br)cn3c2NC(C)(C)CC(C)(C)C)ccc1OC(=O)c1ccc(F)cc1. The van der Waals surface area contributed by atoms with Gasteiger partial charge in [0.25, 0.3) is 0 Å². The Bertz CT molecular complexity index is 1440. The molecule has 2 aromatic carbocycles. The molecule has 194 valence electrons. The first-order chi connectivity index (χ1) is 17.3. The number of methoxy groups -OCH3 is 1. The second-order valence-corrected chi connectivity index (χ2v) is 11.8. The fraction of sp³-hybridized carbons (Fsp3) is 0.310. The third kappa shape index (κ3) is 6.31. The Morgan fingerprint density at radius 1 is 1.03 bits per heavy atom. The highest BCUT2D eigenvalue weighted by Gasteiger charge is 2.28. The van der Waals surface area contributed by atoms with Gasteiger partial charge in [0, 0.05) is 21.8 Å². The number of nitrogens with zero attached hydrogens (tertiary/aromatic N) is 2. The predicted octanol–water partition coefficient (Wildman–Crippen LogP) is 7.76. The number of carbonyl (C=O) groups is 1. The molecule has 0 aliphatic rings. The van der Waals surface area contributed by atoms with E-state index in [4.69, 9.17) is 14.5 Å². The van der Waals surface area contributed by atoms with Crippen LogP contribution in [-0.4, -0.2) is 28.0 Å². The van der Waals surface area contributed by atoms with Crippen LogP contribution in [0.15, 0.2) is 65.3 Å². The fourth-order valence-electron chi connectivity index (χ4n) is 4.67. The molecular weight excluding hydrogens is 537 g/mol. The summed E-state index contributed by atoms with van der Waals surface area (Å²) in [5, 5.41) is 3.73. The average molecular weight is 568 g/mol. The molecule has 0 saturated carbocycles. The average Bonchev–Trinajstić information content (AvgIpc) is 3.14. The lowest BCUT2D eigenvalue weighted by atomic mass is 9.82. The Kier molecular flexibility index (Phi) is 7.33. The number of anilines is 1. The van der Waals surface area contributed by atoms with E-state index in [1.54, 1.807) is 12.1 Å². The van der Waals surface area contributed by atoms with Gasteiger partial charge in [0.2, 0.25) is 0 Å². The molecule has 0 aliphatic carbocycles. The monoisotopic (exact) mass is 567 g/mol. The van der Waals surface area contributed by atoms with Gasteiger partial charge >= 0.3 is 5.97 Å². The molecule has 0 radical (unpaired) electrons. The summed E-state index contributed by atoms with van der Waals surface area (Å²) in [7, 11) is 1.51. The van der Waals surface area contributed by atoms with Crippen LogP contribution < -0.4 is 14.8 Å². The van der Waals surface area contributed by atoms with Gasteiger partial charge in [0.1, 0.15) is 23.0 Å². The summed E-state index contributed by atoms with van der Waals surface area (Å²) >= 11 is 3.57. The lowest BCUT2D eigenvalue weighted by Crippen LogP contribution is -2.36. The number of imidazole rings is 1. The molecule has 37 heavy (non-hydrogen) atoms. The number of rotatable bonds is 7. The number of halogens is 2. The zero-order valence-corrected chi connectivity index (χ0v) is 23.4. The van der Waals surface area contributed by atoms with Gasteiger partial charge in [-0.1, -0.05) is 20.8 Å². The summed E-state index contributed by atoms with van der Waals surface area (Å²) in [6.07, 6.45) is 2.92. The summed E-state index contributed by atoms with van der Waals surface area (Å²) in [6.45, 7) is 11.0. The third-order valence-electron chi connectivity index (χ3n) is 5.73. The van der Waals surface area contributed by atoms with Crippen LogP contribution in [0.3, 0.4) is 0 Å². The van der Waals surface area contributed by atoms with E-state index in [0.717, 1.165) is 33.6 Å². The first kappa shape index (κ1) is 26.7. The standard InChI is InChI=1S/C29H31BrFN3O3/c1-28(2,3)17-29(4,5)33-26-25(32-24-14-10-20(30)16-34(24)26)19-9-13-22(23(15-19)36-6)37-27(35)18-7-11-21(31)12-8-18/h7-16,33H,17H2,1-6H3. The predicted molar refractivity (Wildman–Crippen MR) is 148 cm³/mol. The minimum Gasteiger partial charge on any atom is -0.493 e. The number of fused-ring (bicyclic) bond motifs is 1.